The number of hydrogen-bond donors (Lipinski definition) is 0. The Labute approximate surface area is 130 Å². The molecular formula is C17H17NO3S. The number of carbonyl (C=O) groups is 1. The van der Waals surface area contributed by atoms with Gasteiger partial charge in [0.25, 0.3) is 5.91 Å². The van der Waals surface area contributed by atoms with E-state index in [1.807, 2.05) is 31.2 Å². The van der Waals surface area contributed by atoms with Crippen LogP contribution in [0.3, 0.4) is 0 Å². The van der Waals surface area contributed by atoms with E-state index >= 15 is 0 Å². The Morgan fingerprint density at radius 3 is 2.59 bits per heavy atom. The van der Waals surface area contributed by atoms with Crippen molar-refractivity contribution >= 4 is 21.4 Å². The average Bonchev–Trinajstić information content (AvgIpc) is 2.81. The fraction of sp³-hybridized carbons (Fsp3) is 0.235. The molecule has 1 heterocycles. The standard InChI is InChI=1S/C17H17NO3S/c1-12-10-13-6-3-4-9-16(13)18(12)17(19)14-7-5-8-15(11-14)22(2,20)21/h3-9,11-12H,10H2,1-2H3/t12-/m1/s1. The molecular weight excluding hydrogens is 298 g/mol. The molecule has 0 unspecified atom stereocenters. The van der Waals surface area contributed by atoms with Crippen molar-refractivity contribution in [2.75, 3.05) is 11.2 Å². The molecule has 0 saturated heterocycles. The fourth-order valence-corrected chi connectivity index (χ4v) is 3.54. The number of para-hydroxylation sites is 1. The Hall–Kier alpha value is -2.14. The number of hydrogen-bond acceptors (Lipinski definition) is 3. The number of carbonyl (C=O) groups excluding carboxylic acids is 1. The van der Waals surface area contributed by atoms with Gasteiger partial charge in [-0.3, -0.25) is 4.79 Å². The van der Waals surface area contributed by atoms with Crippen LogP contribution in [0.15, 0.2) is 53.4 Å². The van der Waals surface area contributed by atoms with Gasteiger partial charge in [-0.1, -0.05) is 24.3 Å². The van der Waals surface area contributed by atoms with Crippen molar-refractivity contribution in [3.8, 4) is 0 Å². The normalized spacial score (nSPS) is 17.4. The summed E-state index contributed by atoms with van der Waals surface area (Å²) in [6, 6.07) is 14.1. The molecule has 4 nitrogen and oxygen atoms in total. The van der Waals surface area contributed by atoms with Crippen LogP contribution in [0.25, 0.3) is 0 Å². The SMILES string of the molecule is C[C@@H]1Cc2ccccc2N1C(=O)c1cccc(S(C)(=O)=O)c1. The monoisotopic (exact) mass is 315 g/mol. The molecule has 0 aromatic heterocycles. The molecule has 0 N–H and O–H groups in total. The summed E-state index contributed by atoms with van der Waals surface area (Å²) in [6.07, 6.45) is 1.96. The molecule has 1 aliphatic heterocycles. The molecule has 114 valence electrons. The van der Waals surface area contributed by atoms with Crippen LogP contribution in [0, 0.1) is 0 Å². The number of sulfone groups is 1. The lowest BCUT2D eigenvalue weighted by atomic mass is 10.1. The van der Waals surface area contributed by atoms with Crippen molar-refractivity contribution in [3.05, 3.63) is 59.7 Å². The lowest BCUT2D eigenvalue weighted by Gasteiger charge is -2.23. The van der Waals surface area contributed by atoms with E-state index in [0.717, 1.165) is 23.9 Å². The van der Waals surface area contributed by atoms with Gasteiger partial charge in [-0.25, -0.2) is 8.42 Å². The molecule has 2 aromatic carbocycles. The van der Waals surface area contributed by atoms with E-state index in [0.29, 0.717) is 5.56 Å². The van der Waals surface area contributed by atoms with E-state index < -0.39 is 9.84 Å². The van der Waals surface area contributed by atoms with E-state index in [4.69, 9.17) is 0 Å². The Balaban J connectivity index is 2.02. The van der Waals surface area contributed by atoms with Gasteiger partial charge < -0.3 is 4.90 Å². The molecule has 1 aliphatic rings. The van der Waals surface area contributed by atoms with Gasteiger partial charge in [0, 0.05) is 23.5 Å². The summed E-state index contributed by atoms with van der Waals surface area (Å²) in [7, 11) is -3.33. The third-order valence-electron chi connectivity index (χ3n) is 3.94. The van der Waals surface area contributed by atoms with Gasteiger partial charge in [0.1, 0.15) is 0 Å². The maximum Gasteiger partial charge on any atom is 0.258 e. The third-order valence-corrected chi connectivity index (χ3v) is 5.05. The molecule has 0 spiro atoms. The van der Waals surface area contributed by atoms with E-state index in [-0.39, 0.29) is 16.8 Å². The highest BCUT2D eigenvalue weighted by atomic mass is 32.2. The van der Waals surface area contributed by atoms with Crippen LogP contribution in [0.5, 0.6) is 0 Å². The maximum atomic E-state index is 12.8. The molecule has 0 aliphatic carbocycles. The molecule has 2 aromatic rings. The quantitative estimate of drug-likeness (QED) is 0.856. The minimum Gasteiger partial charge on any atom is -0.305 e. The first-order chi connectivity index (χ1) is 10.4. The van der Waals surface area contributed by atoms with Crippen LogP contribution in [0.4, 0.5) is 5.69 Å². The smallest absolute Gasteiger partial charge is 0.258 e. The number of amides is 1. The van der Waals surface area contributed by atoms with Crippen LogP contribution in [-0.2, 0) is 16.3 Å². The van der Waals surface area contributed by atoms with E-state index in [1.54, 1.807) is 17.0 Å². The number of anilines is 1. The van der Waals surface area contributed by atoms with Gasteiger partial charge in [-0.05, 0) is 43.2 Å². The first-order valence-corrected chi connectivity index (χ1v) is 8.98. The zero-order valence-electron chi connectivity index (χ0n) is 12.5. The molecule has 0 radical (unpaired) electrons. The second kappa shape index (κ2) is 5.25. The Morgan fingerprint density at radius 2 is 1.86 bits per heavy atom. The maximum absolute atomic E-state index is 12.8. The predicted molar refractivity (Wildman–Crippen MR) is 86.0 cm³/mol. The van der Waals surface area contributed by atoms with Crippen LogP contribution >= 0.6 is 0 Å². The minimum atomic E-state index is -3.33. The average molecular weight is 315 g/mol. The van der Waals surface area contributed by atoms with Crippen LogP contribution in [-0.4, -0.2) is 26.6 Å². The predicted octanol–water partition coefficient (Wildman–Crippen LogP) is 2.68. The van der Waals surface area contributed by atoms with Crippen molar-refractivity contribution in [2.45, 2.75) is 24.3 Å². The first kappa shape index (κ1) is 14.8. The van der Waals surface area contributed by atoms with Crippen LogP contribution in [0.1, 0.15) is 22.8 Å². The highest BCUT2D eigenvalue weighted by molar-refractivity contribution is 7.90. The lowest BCUT2D eigenvalue weighted by molar-refractivity contribution is 0.0981. The summed E-state index contributed by atoms with van der Waals surface area (Å²) in [5.41, 5.74) is 2.44. The number of rotatable bonds is 2. The number of nitrogens with zero attached hydrogens (tertiary/aromatic N) is 1. The van der Waals surface area contributed by atoms with E-state index in [9.17, 15) is 13.2 Å². The summed E-state index contributed by atoms with van der Waals surface area (Å²) in [6.45, 7) is 2.00. The second-order valence-corrected chi connectivity index (χ2v) is 7.67. The Morgan fingerprint density at radius 1 is 1.14 bits per heavy atom. The van der Waals surface area contributed by atoms with E-state index in [1.165, 1.54) is 12.1 Å². The largest absolute Gasteiger partial charge is 0.305 e. The molecule has 0 saturated carbocycles. The third kappa shape index (κ3) is 2.52. The lowest BCUT2D eigenvalue weighted by Crippen LogP contribution is -2.35. The molecule has 0 fully saturated rings. The van der Waals surface area contributed by atoms with Gasteiger partial charge in [0.05, 0.1) is 4.90 Å². The van der Waals surface area contributed by atoms with Gasteiger partial charge in [0.15, 0.2) is 9.84 Å². The van der Waals surface area contributed by atoms with Crippen LogP contribution in [0.2, 0.25) is 0 Å². The first-order valence-electron chi connectivity index (χ1n) is 7.09. The zero-order chi connectivity index (χ0) is 15.9. The minimum absolute atomic E-state index is 0.0618. The van der Waals surface area contributed by atoms with Gasteiger partial charge in [0.2, 0.25) is 0 Å². The molecule has 1 amide bonds. The summed E-state index contributed by atoms with van der Waals surface area (Å²) < 4.78 is 23.3. The Kier molecular flexibility index (Phi) is 3.53. The van der Waals surface area contributed by atoms with Gasteiger partial charge in [-0.15, -0.1) is 0 Å². The molecule has 22 heavy (non-hydrogen) atoms. The highest BCUT2D eigenvalue weighted by Gasteiger charge is 2.31. The van der Waals surface area contributed by atoms with Crippen molar-refractivity contribution in [1.29, 1.82) is 0 Å². The molecule has 5 heteroatoms. The van der Waals surface area contributed by atoms with Gasteiger partial charge >= 0.3 is 0 Å². The summed E-state index contributed by atoms with van der Waals surface area (Å²) >= 11 is 0. The zero-order valence-corrected chi connectivity index (χ0v) is 13.3. The Bertz CT molecular complexity index is 842. The molecule has 3 rings (SSSR count). The number of fused-ring (bicyclic) bond motifs is 1. The highest BCUT2D eigenvalue weighted by Crippen LogP contribution is 2.33. The summed E-state index contributed by atoms with van der Waals surface area (Å²) in [5.74, 6) is -0.164. The van der Waals surface area contributed by atoms with Crippen LogP contribution < -0.4 is 4.90 Å². The fourth-order valence-electron chi connectivity index (χ4n) is 2.87. The topological polar surface area (TPSA) is 54.5 Å². The van der Waals surface area contributed by atoms with Gasteiger partial charge in [-0.2, -0.15) is 0 Å². The van der Waals surface area contributed by atoms with E-state index in [2.05, 4.69) is 0 Å². The summed E-state index contributed by atoms with van der Waals surface area (Å²) in [4.78, 5) is 14.7. The summed E-state index contributed by atoms with van der Waals surface area (Å²) in [5, 5.41) is 0. The second-order valence-electron chi connectivity index (χ2n) is 5.66. The molecule has 1 atom stereocenters. The van der Waals surface area contributed by atoms with Crippen molar-refractivity contribution in [1.82, 2.24) is 0 Å². The number of benzene rings is 2. The van der Waals surface area contributed by atoms with Crippen molar-refractivity contribution in [2.24, 2.45) is 0 Å². The van der Waals surface area contributed by atoms with Crippen molar-refractivity contribution < 1.29 is 13.2 Å². The van der Waals surface area contributed by atoms with Crippen molar-refractivity contribution in [3.63, 3.8) is 0 Å². The molecule has 0 bridgehead atoms.